The SMILES string of the molecule is COC(=O)C1(CNc2ccc(OC(C)C)cc2)CC1. The number of hydrogen-bond donors (Lipinski definition) is 1. The maximum Gasteiger partial charge on any atom is 0.313 e. The lowest BCUT2D eigenvalue weighted by Gasteiger charge is -2.15. The lowest BCUT2D eigenvalue weighted by Crippen LogP contribution is -2.25. The summed E-state index contributed by atoms with van der Waals surface area (Å²) in [5.41, 5.74) is 0.688. The van der Waals surface area contributed by atoms with Crippen LogP contribution < -0.4 is 10.1 Å². The Balaban J connectivity index is 1.88. The van der Waals surface area contributed by atoms with Crippen LogP contribution in [0.4, 0.5) is 5.69 Å². The standard InChI is InChI=1S/C15H21NO3/c1-11(2)19-13-6-4-12(5-7-13)16-10-15(8-9-15)14(17)18-3/h4-7,11,16H,8-10H2,1-3H3. The summed E-state index contributed by atoms with van der Waals surface area (Å²) in [6.45, 7) is 4.63. The Labute approximate surface area is 114 Å². The van der Waals surface area contributed by atoms with Crippen molar-refractivity contribution in [3.8, 4) is 5.75 Å². The largest absolute Gasteiger partial charge is 0.491 e. The van der Waals surface area contributed by atoms with Crippen molar-refractivity contribution in [2.24, 2.45) is 5.41 Å². The predicted octanol–water partition coefficient (Wildman–Crippen LogP) is 2.84. The van der Waals surface area contributed by atoms with Crippen LogP contribution in [-0.2, 0) is 9.53 Å². The molecule has 0 bridgehead atoms. The molecule has 0 radical (unpaired) electrons. The first-order valence-corrected chi connectivity index (χ1v) is 6.65. The van der Waals surface area contributed by atoms with Gasteiger partial charge in [0, 0.05) is 12.2 Å². The topological polar surface area (TPSA) is 47.6 Å². The van der Waals surface area contributed by atoms with E-state index in [1.165, 1.54) is 7.11 Å². The van der Waals surface area contributed by atoms with Crippen LogP contribution >= 0.6 is 0 Å². The molecule has 4 heteroatoms. The summed E-state index contributed by atoms with van der Waals surface area (Å²) in [4.78, 5) is 11.6. The fourth-order valence-electron chi connectivity index (χ4n) is 2.02. The number of nitrogens with one attached hydrogen (secondary N) is 1. The summed E-state index contributed by atoms with van der Waals surface area (Å²) >= 11 is 0. The van der Waals surface area contributed by atoms with Gasteiger partial charge in [-0.1, -0.05) is 0 Å². The minimum absolute atomic E-state index is 0.111. The van der Waals surface area contributed by atoms with Crippen molar-refractivity contribution in [2.45, 2.75) is 32.8 Å². The van der Waals surface area contributed by atoms with Crippen LogP contribution in [-0.4, -0.2) is 25.7 Å². The average Bonchev–Trinajstić information content (AvgIpc) is 3.17. The van der Waals surface area contributed by atoms with Gasteiger partial charge in [0.15, 0.2) is 0 Å². The van der Waals surface area contributed by atoms with Gasteiger partial charge in [-0.2, -0.15) is 0 Å². The molecule has 104 valence electrons. The normalized spacial score (nSPS) is 16.0. The van der Waals surface area contributed by atoms with Crippen LogP contribution in [0, 0.1) is 5.41 Å². The summed E-state index contributed by atoms with van der Waals surface area (Å²) in [6, 6.07) is 7.79. The van der Waals surface area contributed by atoms with E-state index in [0.29, 0.717) is 6.54 Å². The maximum absolute atomic E-state index is 11.6. The van der Waals surface area contributed by atoms with Gasteiger partial charge < -0.3 is 14.8 Å². The second-order valence-electron chi connectivity index (χ2n) is 5.32. The molecule has 1 saturated carbocycles. The highest BCUT2D eigenvalue weighted by atomic mass is 16.5. The van der Waals surface area contributed by atoms with E-state index in [1.807, 2.05) is 38.1 Å². The quantitative estimate of drug-likeness (QED) is 0.802. The predicted molar refractivity (Wildman–Crippen MR) is 74.4 cm³/mol. The van der Waals surface area contributed by atoms with E-state index in [0.717, 1.165) is 24.3 Å². The molecule has 1 aliphatic rings. The van der Waals surface area contributed by atoms with Crippen LogP contribution in [0.25, 0.3) is 0 Å². The number of carbonyl (C=O) groups is 1. The van der Waals surface area contributed by atoms with Crippen molar-refractivity contribution in [1.29, 1.82) is 0 Å². The molecule has 0 aromatic heterocycles. The van der Waals surface area contributed by atoms with Gasteiger partial charge in [-0.05, 0) is 51.0 Å². The third-order valence-corrected chi connectivity index (χ3v) is 3.33. The second kappa shape index (κ2) is 5.51. The molecular weight excluding hydrogens is 242 g/mol. The molecule has 1 aliphatic carbocycles. The molecular formula is C15H21NO3. The Morgan fingerprint density at radius 3 is 2.42 bits per heavy atom. The molecule has 1 fully saturated rings. The number of ether oxygens (including phenoxy) is 2. The first-order valence-electron chi connectivity index (χ1n) is 6.65. The van der Waals surface area contributed by atoms with Gasteiger partial charge >= 0.3 is 5.97 Å². The summed E-state index contributed by atoms with van der Waals surface area (Å²) in [7, 11) is 1.44. The van der Waals surface area contributed by atoms with Crippen molar-refractivity contribution in [3.63, 3.8) is 0 Å². The van der Waals surface area contributed by atoms with Gasteiger partial charge in [-0.3, -0.25) is 4.79 Å². The van der Waals surface area contributed by atoms with Gasteiger partial charge in [0.05, 0.1) is 18.6 Å². The Hall–Kier alpha value is -1.71. The van der Waals surface area contributed by atoms with Gasteiger partial charge in [0.25, 0.3) is 0 Å². The van der Waals surface area contributed by atoms with E-state index in [-0.39, 0.29) is 17.5 Å². The Morgan fingerprint density at radius 1 is 1.32 bits per heavy atom. The lowest BCUT2D eigenvalue weighted by atomic mass is 10.1. The molecule has 0 atom stereocenters. The molecule has 0 amide bonds. The first-order chi connectivity index (χ1) is 9.05. The van der Waals surface area contributed by atoms with E-state index >= 15 is 0 Å². The summed E-state index contributed by atoms with van der Waals surface area (Å²) in [6.07, 6.45) is 1.98. The van der Waals surface area contributed by atoms with Crippen molar-refractivity contribution < 1.29 is 14.3 Å². The molecule has 0 unspecified atom stereocenters. The van der Waals surface area contributed by atoms with Crippen LogP contribution in [0.15, 0.2) is 24.3 Å². The van der Waals surface area contributed by atoms with Gasteiger partial charge in [0.1, 0.15) is 5.75 Å². The maximum atomic E-state index is 11.6. The minimum Gasteiger partial charge on any atom is -0.491 e. The second-order valence-corrected chi connectivity index (χ2v) is 5.32. The molecule has 0 heterocycles. The third kappa shape index (κ3) is 3.40. The number of anilines is 1. The van der Waals surface area contributed by atoms with Crippen molar-refractivity contribution in [3.05, 3.63) is 24.3 Å². The highest BCUT2D eigenvalue weighted by Gasteiger charge is 2.50. The lowest BCUT2D eigenvalue weighted by molar-refractivity contribution is -0.146. The molecule has 0 saturated heterocycles. The van der Waals surface area contributed by atoms with Crippen LogP contribution in [0.1, 0.15) is 26.7 Å². The van der Waals surface area contributed by atoms with Gasteiger partial charge in [-0.15, -0.1) is 0 Å². The molecule has 4 nitrogen and oxygen atoms in total. The van der Waals surface area contributed by atoms with Crippen LogP contribution in [0.2, 0.25) is 0 Å². The van der Waals surface area contributed by atoms with E-state index in [1.54, 1.807) is 0 Å². The molecule has 1 N–H and O–H groups in total. The first kappa shape index (κ1) is 13.7. The van der Waals surface area contributed by atoms with Crippen molar-refractivity contribution >= 4 is 11.7 Å². The van der Waals surface area contributed by atoms with E-state index < -0.39 is 0 Å². The summed E-state index contributed by atoms with van der Waals surface area (Å²) in [5.74, 6) is 0.745. The number of methoxy groups -OCH3 is 1. The number of benzene rings is 1. The smallest absolute Gasteiger partial charge is 0.313 e. The minimum atomic E-state index is -0.304. The zero-order valence-corrected chi connectivity index (χ0v) is 11.7. The number of rotatable bonds is 6. The van der Waals surface area contributed by atoms with E-state index in [2.05, 4.69) is 5.32 Å². The molecule has 1 aromatic rings. The molecule has 2 rings (SSSR count). The van der Waals surface area contributed by atoms with Gasteiger partial charge in [-0.25, -0.2) is 0 Å². The highest BCUT2D eigenvalue weighted by molar-refractivity contribution is 5.80. The fourth-order valence-corrected chi connectivity index (χ4v) is 2.02. The molecule has 19 heavy (non-hydrogen) atoms. The van der Waals surface area contributed by atoms with Crippen LogP contribution in [0.5, 0.6) is 5.75 Å². The van der Waals surface area contributed by atoms with Crippen molar-refractivity contribution in [2.75, 3.05) is 19.0 Å². The van der Waals surface area contributed by atoms with Crippen LogP contribution in [0.3, 0.4) is 0 Å². The summed E-state index contributed by atoms with van der Waals surface area (Å²) in [5, 5.41) is 3.29. The average molecular weight is 263 g/mol. The van der Waals surface area contributed by atoms with Crippen molar-refractivity contribution in [1.82, 2.24) is 0 Å². The number of hydrogen-bond acceptors (Lipinski definition) is 4. The number of carbonyl (C=O) groups excluding carboxylic acids is 1. The van der Waals surface area contributed by atoms with E-state index in [4.69, 9.17) is 9.47 Å². The zero-order chi connectivity index (χ0) is 13.9. The Bertz CT molecular complexity index is 435. The molecule has 1 aromatic carbocycles. The number of esters is 1. The van der Waals surface area contributed by atoms with Gasteiger partial charge in [0.2, 0.25) is 0 Å². The Kier molecular flexibility index (Phi) is 3.98. The summed E-state index contributed by atoms with van der Waals surface area (Å²) < 4.78 is 10.4. The zero-order valence-electron chi connectivity index (χ0n) is 11.7. The molecule has 0 spiro atoms. The Morgan fingerprint density at radius 2 is 1.95 bits per heavy atom. The molecule has 0 aliphatic heterocycles. The van der Waals surface area contributed by atoms with E-state index in [9.17, 15) is 4.79 Å². The third-order valence-electron chi connectivity index (χ3n) is 3.33. The fraction of sp³-hybridized carbons (Fsp3) is 0.533. The monoisotopic (exact) mass is 263 g/mol. The highest BCUT2D eigenvalue weighted by Crippen LogP contribution is 2.46.